The van der Waals surface area contributed by atoms with Gasteiger partial charge in [-0.15, -0.1) is 0 Å². The summed E-state index contributed by atoms with van der Waals surface area (Å²) < 4.78 is 0. The standard InChI is InChI=1S/C19H21ClN4/c20-17-5-3-8-21-19(17)24-12-10-23(11-13-24)9-7-15-14-22-18-6-2-1-4-16(15)18/h1-6,8,14,22H,7,9-13H2. The van der Waals surface area contributed by atoms with Crippen molar-refractivity contribution in [1.29, 1.82) is 0 Å². The normalized spacial score (nSPS) is 16.0. The molecule has 124 valence electrons. The summed E-state index contributed by atoms with van der Waals surface area (Å²) in [5.41, 5.74) is 2.63. The number of hydrogen-bond donors (Lipinski definition) is 1. The summed E-state index contributed by atoms with van der Waals surface area (Å²) in [6.45, 7) is 5.14. The molecule has 0 spiro atoms. The number of fused-ring (bicyclic) bond motifs is 1. The molecule has 1 aliphatic rings. The number of aromatic nitrogens is 2. The minimum Gasteiger partial charge on any atom is -0.361 e. The van der Waals surface area contributed by atoms with E-state index in [1.807, 2.05) is 18.3 Å². The Kier molecular flexibility index (Phi) is 4.41. The maximum atomic E-state index is 6.26. The van der Waals surface area contributed by atoms with E-state index in [9.17, 15) is 0 Å². The molecule has 1 N–H and O–H groups in total. The van der Waals surface area contributed by atoms with Crippen molar-refractivity contribution in [2.75, 3.05) is 37.6 Å². The maximum Gasteiger partial charge on any atom is 0.147 e. The van der Waals surface area contributed by atoms with Crippen LogP contribution in [0.2, 0.25) is 5.02 Å². The Bertz CT molecular complexity index is 821. The van der Waals surface area contributed by atoms with Crippen LogP contribution in [0.5, 0.6) is 0 Å². The van der Waals surface area contributed by atoms with Gasteiger partial charge in [-0.3, -0.25) is 4.90 Å². The molecule has 1 fully saturated rings. The van der Waals surface area contributed by atoms with Gasteiger partial charge in [-0.05, 0) is 30.2 Å². The van der Waals surface area contributed by atoms with E-state index in [1.54, 1.807) is 0 Å². The van der Waals surface area contributed by atoms with Crippen molar-refractivity contribution in [2.45, 2.75) is 6.42 Å². The number of H-pyrrole nitrogens is 1. The zero-order chi connectivity index (χ0) is 16.4. The van der Waals surface area contributed by atoms with E-state index in [4.69, 9.17) is 11.6 Å². The summed E-state index contributed by atoms with van der Waals surface area (Å²) in [6.07, 6.45) is 5.04. The van der Waals surface area contributed by atoms with Crippen LogP contribution in [0, 0.1) is 0 Å². The summed E-state index contributed by atoms with van der Waals surface area (Å²) in [5.74, 6) is 0.912. The van der Waals surface area contributed by atoms with Crippen LogP contribution in [0.15, 0.2) is 48.8 Å². The molecule has 1 aromatic carbocycles. The third-order valence-corrected chi connectivity index (χ3v) is 5.08. The van der Waals surface area contributed by atoms with Crippen molar-refractivity contribution >= 4 is 28.3 Å². The molecule has 2 aromatic heterocycles. The Morgan fingerprint density at radius 2 is 1.88 bits per heavy atom. The van der Waals surface area contributed by atoms with E-state index in [0.29, 0.717) is 0 Å². The fourth-order valence-corrected chi connectivity index (χ4v) is 3.65. The first-order valence-electron chi connectivity index (χ1n) is 8.44. The van der Waals surface area contributed by atoms with E-state index in [2.05, 4.69) is 50.2 Å². The monoisotopic (exact) mass is 340 g/mol. The number of piperazine rings is 1. The highest BCUT2D eigenvalue weighted by atomic mass is 35.5. The number of aromatic amines is 1. The second kappa shape index (κ2) is 6.83. The molecule has 4 rings (SSSR count). The number of para-hydroxylation sites is 1. The number of nitrogens with one attached hydrogen (secondary N) is 1. The van der Waals surface area contributed by atoms with Crippen LogP contribution in [-0.2, 0) is 6.42 Å². The third kappa shape index (κ3) is 3.12. The number of rotatable bonds is 4. The van der Waals surface area contributed by atoms with Crippen LogP contribution in [0.3, 0.4) is 0 Å². The van der Waals surface area contributed by atoms with Gasteiger partial charge in [0.25, 0.3) is 0 Å². The quantitative estimate of drug-likeness (QED) is 0.788. The molecule has 0 amide bonds. The fourth-order valence-electron chi connectivity index (χ4n) is 3.41. The van der Waals surface area contributed by atoms with Crippen molar-refractivity contribution < 1.29 is 0 Å². The molecule has 1 saturated heterocycles. The van der Waals surface area contributed by atoms with Gasteiger partial charge in [0.2, 0.25) is 0 Å². The minimum absolute atomic E-state index is 0.741. The van der Waals surface area contributed by atoms with Crippen molar-refractivity contribution in [1.82, 2.24) is 14.9 Å². The lowest BCUT2D eigenvalue weighted by atomic mass is 10.1. The number of pyridine rings is 1. The molecule has 4 nitrogen and oxygen atoms in total. The average molecular weight is 341 g/mol. The lowest BCUT2D eigenvalue weighted by Gasteiger charge is -2.35. The predicted octanol–water partition coefficient (Wildman–Crippen LogP) is 3.58. The predicted molar refractivity (Wildman–Crippen MR) is 99.9 cm³/mol. The topological polar surface area (TPSA) is 35.2 Å². The van der Waals surface area contributed by atoms with Crippen LogP contribution in [0.4, 0.5) is 5.82 Å². The summed E-state index contributed by atoms with van der Waals surface area (Å²) in [4.78, 5) is 12.6. The zero-order valence-electron chi connectivity index (χ0n) is 13.6. The van der Waals surface area contributed by atoms with Gasteiger partial charge in [0.05, 0.1) is 5.02 Å². The van der Waals surface area contributed by atoms with E-state index in [1.165, 1.54) is 16.5 Å². The third-order valence-electron chi connectivity index (χ3n) is 4.78. The van der Waals surface area contributed by atoms with Crippen LogP contribution < -0.4 is 4.90 Å². The highest BCUT2D eigenvalue weighted by Gasteiger charge is 2.19. The van der Waals surface area contributed by atoms with Gasteiger partial charge >= 0.3 is 0 Å². The van der Waals surface area contributed by atoms with Gasteiger partial charge in [-0.25, -0.2) is 4.98 Å². The minimum atomic E-state index is 0.741. The Morgan fingerprint density at radius 1 is 1.04 bits per heavy atom. The first-order chi connectivity index (χ1) is 11.8. The molecular formula is C19H21ClN4. The molecule has 1 aliphatic heterocycles. The number of hydrogen-bond acceptors (Lipinski definition) is 3. The second-order valence-corrected chi connectivity index (χ2v) is 6.65. The largest absolute Gasteiger partial charge is 0.361 e. The van der Waals surface area contributed by atoms with Crippen LogP contribution in [-0.4, -0.2) is 47.6 Å². The smallest absolute Gasteiger partial charge is 0.147 e. The summed E-state index contributed by atoms with van der Waals surface area (Å²) in [7, 11) is 0. The lowest BCUT2D eigenvalue weighted by molar-refractivity contribution is 0.260. The molecule has 5 heteroatoms. The van der Waals surface area contributed by atoms with Crippen LogP contribution in [0.25, 0.3) is 10.9 Å². The molecule has 0 unspecified atom stereocenters. The number of nitrogens with zero attached hydrogens (tertiary/aromatic N) is 3. The van der Waals surface area contributed by atoms with Crippen LogP contribution in [0.1, 0.15) is 5.56 Å². The molecule has 24 heavy (non-hydrogen) atoms. The Labute approximate surface area is 147 Å². The van der Waals surface area contributed by atoms with Gasteiger partial charge in [-0.1, -0.05) is 29.8 Å². The molecule has 3 heterocycles. The molecular weight excluding hydrogens is 320 g/mol. The lowest BCUT2D eigenvalue weighted by Crippen LogP contribution is -2.47. The number of benzene rings is 1. The highest BCUT2D eigenvalue weighted by molar-refractivity contribution is 6.32. The first-order valence-corrected chi connectivity index (χ1v) is 8.82. The van der Waals surface area contributed by atoms with Gasteiger partial charge in [0.15, 0.2) is 0 Å². The first kappa shape index (κ1) is 15.5. The number of halogens is 1. The Hall–Kier alpha value is -2.04. The van der Waals surface area contributed by atoms with E-state index in [-0.39, 0.29) is 0 Å². The van der Waals surface area contributed by atoms with Gasteiger partial charge in [0, 0.05) is 56.0 Å². The molecule has 0 atom stereocenters. The molecule has 0 radical (unpaired) electrons. The fraction of sp³-hybridized carbons (Fsp3) is 0.316. The van der Waals surface area contributed by atoms with Gasteiger partial charge < -0.3 is 9.88 Å². The second-order valence-electron chi connectivity index (χ2n) is 6.25. The average Bonchev–Trinajstić information content (AvgIpc) is 3.04. The zero-order valence-corrected chi connectivity index (χ0v) is 14.3. The molecule has 0 aliphatic carbocycles. The van der Waals surface area contributed by atoms with E-state index in [0.717, 1.165) is 50.0 Å². The summed E-state index contributed by atoms with van der Waals surface area (Å²) in [6, 6.07) is 12.3. The van der Waals surface area contributed by atoms with Crippen molar-refractivity contribution in [2.24, 2.45) is 0 Å². The molecule has 3 aromatic rings. The van der Waals surface area contributed by atoms with Crippen molar-refractivity contribution in [3.05, 3.63) is 59.4 Å². The number of anilines is 1. The van der Waals surface area contributed by atoms with Gasteiger partial charge in [-0.2, -0.15) is 0 Å². The summed E-state index contributed by atoms with van der Waals surface area (Å²) in [5, 5.41) is 2.08. The SMILES string of the molecule is Clc1cccnc1N1CCN(CCc2c[nH]c3ccccc23)CC1. The van der Waals surface area contributed by atoms with Gasteiger partial charge in [0.1, 0.15) is 5.82 Å². The van der Waals surface area contributed by atoms with E-state index >= 15 is 0 Å². The van der Waals surface area contributed by atoms with Crippen LogP contribution >= 0.6 is 11.6 Å². The molecule has 0 saturated carbocycles. The van der Waals surface area contributed by atoms with Crippen molar-refractivity contribution in [3.63, 3.8) is 0 Å². The molecule has 0 bridgehead atoms. The maximum absolute atomic E-state index is 6.26. The highest BCUT2D eigenvalue weighted by Crippen LogP contribution is 2.23. The summed E-state index contributed by atoms with van der Waals surface area (Å²) >= 11 is 6.26. The Morgan fingerprint density at radius 3 is 2.71 bits per heavy atom. The van der Waals surface area contributed by atoms with Crippen molar-refractivity contribution in [3.8, 4) is 0 Å². The van der Waals surface area contributed by atoms with E-state index < -0.39 is 0 Å². The Balaban J connectivity index is 1.34.